The Morgan fingerprint density at radius 1 is 1.39 bits per heavy atom. The van der Waals surface area contributed by atoms with Crippen molar-refractivity contribution < 1.29 is 9.59 Å². The largest absolute Gasteiger partial charge is 0.355 e. The van der Waals surface area contributed by atoms with Gasteiger partial charge < -0.3 is 5.32 Å². The molecule has 152 valence electrons. The smallest absolute Gasteiger partial charge is 0.240 e. The molecular formula is C20H28N4O2S2. The van der Waals surface area contributed by atoms with Gasteiger partial charge in [-0.3, -0.25) is 19.2 Å². The molecule has 2 aromatic heterocycles. The van der Waals surface area contributed by atoms with Gasteiger partial charge in [0.05, 0.1) is 16.7 Å². The highest BCUT2D eigenvalue weighted by Crippen LogP contribution is 2.47. The van der Waals surface area contributed by atoms with E-state index in [0.29, 0.717) is 12.3 Å². The minimum Gasteiger partial charge on any atom is -0.355 e. The number of fused-ring (bicyclic) bond motifs is 1. The SMILES string of the molecule is CCCNC(=O)CN1C(=O)CSC(c2ccsc2)c2c(C(C)(C)C)nn(C)c21. The van der Waals surface area contributed by atoms with Crippen LogP contribution in [-0.2, 0) is 22.1 Å². The van der Waals surface area contributed by atoms with E-state index in [1.54, 1.807) is 32.7 Å². The number of carbonyl (C=O) groups excluding carboxylic acids is 2. The van der Waals surface area contributed by atoms with Gasteiger partial charge in [0.15, 0.2) is 0 Å². The molecular weight excluding hydrogens is 392 g/mol. The number of rotatable bonds is 5. The van der Waals surface area contributed by atoms with Crippen molar-refractivity contribution in [3.05, 3.63) is 33.6 Å². The fraction of sp³-hybridized carbons (Fsp3) is 0.550. The molecule has 0 spiro atoms. The van der Waals surface area contributed by atoms with Crippen LogP contribution in [0.15, 0.2) is 16.8 Å². The van der Waals surface area contributed by atoms with Gasteiger partial charge in [-0.05, 0) is 28.8 Å². The van der Waals surface area contributed by atoms with Gasteiger partial charge in [-0.2, -0.15) is 16.4 Å². The van der Waals surface area contributed by atoms with E-state index < -0.39 is 0 Å². The second-order valence-corrected chi connectivity index (χ2v) is 9.91. The second kappa shape index (κ2) is 8.29. The Labute approximate surface area is 174 Å². The van der Waals surface area contributed by atoms with Crippen molar-refractivity contribution in [2.45, 2.75) is 44.8 Å². The van der Waals surface area contributed by atoms with E-state index in [4.69, 9.17) is 5.10 Å². The number of anilines is 1. The number of hydrogen-bond donors (Lipinski definition) is 1. The van der Waals surface area contributed by atoms with Crippen LogP contribution in [0.1, 0.15) is 56.2 Å². The molecule has 1 unspecified atom stereocenters. The van der Waals surface area contributed by atoms with Crippen LogP contribution in [0.25, 0.3) is 0 Å². The lowest BCUT2D eigenvalue weighted by molar-refractivity contribution is -0.122. The van der Waals surface area contributed by atoms with Crippen LogP contribution >= 0.6 is 23.1 Å². The summed E-state index contributed by atoms with van der Waals surface area (Å²) in [6.45, 7) is 9.04. The molecule has 0 fully saturated rings. The first-order valence-electron chi connectivity index (χ1n) is 9.52. The topological polar surface area (TPSA) is 67.2 Å². The zero-order valence-electron chi connectivity index (χ0n) is 17.1. The van der Waals surface area contributed by atoms with Crippen molar-refractivity contribution in [3.63, 3.8) is 0 Å². The van der Waals surface area contributed by atoms with Crippen LogP contribution in [0.5, 0.6) is 0 Å². The zero-order chi connectivity index (χ0) is 20.5. The minimum atomic E-state index is -0.177. The number of carbonyl (C=O) groups is 2. The van der Waals surface area contributed by atoms with Gasteiger partial charge in [0, 0.05) is 24.6 Å². The summed E-state index contributed by atoms with van der Waals surface area (Å²) in [5, 5.41) is 11.9. The summed E-state index contributed by atoms with van der Waals surface area (Å²) in [5.74, 6) is 0.875. The Kier molecular flexibility index (Phi) is 6.19. The van der Waals surface area contributed by atoms with Gasteiger partial charge in [-0.25, -0.2) is 0 Å². The van der Waals surface area contributed by atoms with Gasteiger partial charge in [0.25, 0.3) is 0 Å². The first kappa shape index (κ1) is 20.9. The lowest BCUT2D eigenvalue weighted by Crippen LogP contribution is -2.42. The predicted octanol–water partition coefficient (Wildman–Crippen LogP) is 3.47. The molecule has 3 heterocycles. The minimum absolute atomic E-state index is 0.0197. The molecule has 28 heavy (non-hydrogen) atoms. The van der Waals surface area contributed by atoms with E-state index in [0.717, 1.165) is 23.5 Å². The molecule has 0 aromatic carbocycles. The van der Waals surface area contributed by atoms with Crippen LogP contribution < -0.4 is 10.2 Å². The summed E-state index contributed by atoms with van der Waals surface area (Å²) in [6.07, 6.45) is 0.862. The summed E-state index contributed by atoms with van der Waals surface area (Å²) in [5.41, 5.74) is 3.03. The van der Waals surface area contributed by atoms with E-state index >= 15 is 0 Å². The van der Waals surface area contributed by atoms with Crippen molar-refractivity contribution in [1.29, 1.82) is 0 Å². The highest BCUT2D eigenvalue weighted by Gasteiger charge is 2.38. The number of hydrogen-bond acceptors (Lipinski definition) is 5. The first-order valence-corrected chi connectivity index (χ1v) is 11.5. The molecule has 2 aromatic rings. The molecule has 8 heteroatoms. The average molecular weight is 421 g/mol. The van der Waals surface area contributed by atoms with Crippen LogP contribution in [0.2, 0.25) is 0 Å². The maximum absolute atomic E-state index is 13.0. The summed E-state index contributed by atoms with van der Waals surface area (Å²) in [4.78, 5) is 27.0. The molecule has 0 aliphatic carbocycles. The molecule has 0 bridgehead atoms. The molecule has 0 saturated heterocycles. The highest BCUT2D eigenvalue weighted by atomic mass is 32.2. The Morgan fingerprint density at radius 2 is 2.14 bits per heavy atom. The predicted molar refractivity (Wildman–Crippen MR) is 116 cm³/mol. The van der Waals surface area contributed by atoms with Gasteiger partial charge >= 0.3 is 0 Å². The maximum Gasteiger partial charge on any atom is 0.240 e. The van der Waals surface area contributed by atoms with Gasteiger partial charge in [-0.1, -0.05) is 27.7 Å². The van der Waals surface area contributed by atoms with Crippen molar-refractivity contribution in [2.75, 3.05) is 23.7 Å². The molecule has 3 rings (SSSR count). The molecule has 1 atom stereocenters. The van der Waals surface area contributed by atoms with E-state index in [1.165, 1.54) is 5.56 Å². The van der Waals surface area contributed by atoms with Crippen LogP contribution in [0.4, 0.5) is 5.82 Å². The third-order valence-corrected chi connectivity index (χ3v) is 6.63. The van der Waals surface area contributed by atoms with Crippen molar-refractivity contribution >= 4 is 40.7 Å². The third-order valence-electron chi connectivity index (χ3n) is 4.68. The normalized spacial score (nSPS) is 17.4. The number of nitrogens with zero attached hydrogens (tertiary/aromatic N) is 3. The number of aryl methyl sites for hydroxylation is 1. The third kappa shape index (κ3) is 4.12. The molecule has 0 saturated carbocycles. The van der Waals surface area contributed by atoms with Crippen molar-refractivity contribution in [2.24, 2.45) is 7.05 Å². The Hall–Kier alpha value is -1.80. The highest BCUT2D eigenvalue weighted by molar-refractivity contribution is 8.00. The first-order chi connectivity index (χ1) is 13.2. The molecule has 6 nitrogen and oxygen atoms in total. The fourth-order valence-corrected chi connectivity index (χ4v) is 5.36. The fourth-order valence-electron chi connectivity index (χ4n) is 3.40. The van der Waals surface area contributed by atoms with Crippen LogP contribution in [0, 0.1) is 0 Å². The molecule has 1 aliphatic rings. The zero-order valence-corrected chi connectivity index (χ0v) is 18.7. The Bertz CT molecular complexity index is 852. The standard InChI is InChI=1S/C20H28N4O2S2/c1-6-8-21-14(25)10-24-15(26)12-28-17(13-7-9-27-11-13)16-18(20(2,3)4)22-23(5)19(16)24/h7,9,11,17H,6,8,10,12H2,1-5H3,(H,21,25). The molecule has 1 aliphatic heterocycles. The Morgan fingerprint density at radius 3 is 2.75 bits per heavy atom. The van der Waals surface area contributed by atoms with E-state index in [2.05, 4.69) is 42.9 Å². The lowest BCUT2D eigenvalue weighted by atomic mass is 9.87. The van der Waals surface area contributed by atoms with E-state index in [9.17, 15) is 9.59 Å². The summed E-state index contributed by atoms with van der Waals surface area (Å²) in [6, 6.07) is 2.11. The van der Waals surface area contributed by atoms with E-state index in [1.807, 2.05) is 14.0 Å². The average Bonchev–Trinajstić information content (AvgIpc) is 3.23. The monoisotopic (exact) mass is 420 g/mol. The van der Waals surface area contributed by atoms with Gasteiger partial charge in [-0.15, -0.1) is 11.8 Å². The van der Waals surface area contributed by atoms with Crippen LogP contribution in [0.3, 0.4) is 0 Å². The summed E-state index contributed by atoms with van der Waals surface area (Å²) < 4.78 is 1.77. The quantitative estimate of drug-likeness (QED) is 0.804. The summed E-state index contributed by atoms with van der Waals surface area (Å²) >= 11 is 3.27. The van der Waals surface area contributed by atoms with Crippen molar-refractivity contribution in [1.82, 2.24) is 15.1 Å². The van der Waals surface area contributed by atoms with E-state index in [-0.39, 0.29) is 29.0 Å². The number of aromatic nitrogens is 2. The maximum atomic E-state index is 13.0. The molecule has 1 N–H and O–H groups in total. The molecule has 0 radical (unpaired) electrons. The number of thiophene rings is 1. The molecule has 2 amide bonds. The summed E-state index contributed by atoms with van der Waals surface area (Å²) in [7, 11) is 1.86. The van der Waals surface area contributed by atoms with Crippen LogP contribution in [-0.4, -0.2) is 40.4 Å². The van der Waals surface area contributed by atoms with Gasteiger partial charge in [0.1, 0.15) is 12.4 Å². The lowest BCUT2D eigenvalue weighted by Gasteiger charge is -2.23. The second-order valence-electron chi connectivity index (χ2n) is 8.04. The van der Waals surface area contributed by atoms with Gasteiger partial charge in [0.2, 0.25) is 11.8 Å². The number of amides is 2. The van der Waals surface area contributed by atoms with Crippen molar-refractivity contribution in [3.8, 4) is 0 Å². The number of nitrogens with one attached hydrogen (secondary N) is 1. The number of thioether (sulfide) groups is 1. The Balaban J connectivity index is 2.12.